The normalized spacial score (nSPS) is 92.1. The number of fused-ring (bicyclic) bond motifs is 25. The van der Waals surface area contributed by atoms with E-state index in [1.807, 2.05) is 0 Å². The van der Waals surface area contributed by atoms with E-state index >= 15 is 0 Å². The molecule has 106 valence electrons. The Bertz CT molecular complexity index is 751. The fraction of sp³-hybridized carbons (Fsp3) is 0.900. The maximum atomic E-state index is 9.95. The van der Waals surface area contributed by atoms with Crippen LogP contribution in [0.25, 0.3) is 0 Å². The van der Waals surface area contributed by atoms with Crippen LogP contribution >= 0.6 is 0 Å². The van der Waals surface area contributed by atoms with E-state index < -0.39 is 0 Å². The summed E-state index contributed by atoms with van der Waals surface area (Å²) in [6.07, 6.45) is 1.65. The number of hydrogen-bond donors (Lipinski definition) is 1. The molecule has 1 nitrogen and oxygen atoms in total. The number of aliphatic hydroxyl groups is 1. The molecule has 1 N–H and O–H groups in total. The van der Waals surface area contributed by atoms with Crippen molar-refractivity contribution >= 4 is 0 Å². The van der Waals surface area contributed by atoms with Crippen LogP contribution in [0.5, 0.6) is 0 Å². The summed E-state index contributed by atoms with van der Waals surface area (Å²) in [6.45, 7) is 0. The Hall–Kier alpha value is -0.460. The lowest BCUT2D eigenvalue weighted by molar-refractivity contribution is -0.461. The number of rotatable bonds is 0. The molecular weight excluding hydrogens is 256 g/mol. The van der Waals surface area contributed by atoms with Gasteiger partial charge in [0.1, 0.15) is 5.76 Å². The second kappa shape index (κ2) is 2.03. The quantitative estimate of drug-likeness (QED) is 0.675. The molecule has 9 fully saturated rings. The van der Waals surface area contributed by atoms with Crippen molar-refractivity contribution in [2.75, 3.05) is 0 Å². The summed E-state index contributed by atoms with van der Waals surface area (Å²) in [7, 11) is 0. The smallest absolute Gasteiger partial charge is 0.100 e. The lowest BCUT2D eigenvalue weighted by atomic mass is 9.11. The van der Waals surface area contributed by atoms with Gasteiger partial charge in [-0.3, -0.25) is 0 Å². The van der Waals surface area contributed by atoms with Crippen molar-refractivity contribution in [3.8, 4) is 0 Å². The minimum Gasteiger partial charge on any atom is -0.512 e. The molecule has 17 unspecified atom stereocenters. The van der Waals surface area contributed by atoms with Crippen LogP contribution in [-0.2, 0) is 0 Å². The maximum Gasteiger partial charge on any atom is 0.100 e. The van der Waals surface area contributed by atoms with Gasteiger partial charge in [-0.15, -0.1) is 0 Å². The van der Waals surface area contributed by atoms with Gasteiger partial charge in [-0.25, -0.2) is 0 Å². The van der Waals surface area contributed by atoms with Gasteiger partial charge in [0, 0.05) is 5.92 Å². The molecule has 21 heavy (non-hydrogen) atoms. The highest BCUT2D eigenvalue weighted by Gasteiger charge is 2.93. The van der Waals surface area contributed by atoms with E-state index in [9.17, 15) is 5.11 Å². The van der Waals surface area contributed by atoms with Crippen LogP contribution < -0.4 is 0 Å². The summed E-state index contributed by atoms with van der Waals surface area (Å²) in [5.41, 5.74) is 1.55. The number of aliphatic hydroxyl groups excluding tert-OH is 1. The topological polar surface area (TPSA) is 20.2 Å². The van der Waals surface area contributed by atoms with Crippen molar-refractivity contribution in [2.24, 2.45) is 101 Å². The Morgan fingerprint density at radius 1 is 0.571 bits per heavy atom. The van der Waals surface area contributed by atoms with Crippen molar-refractivity contribution < 1.29 is 5.11 Å². The Kier molecular flexibility index (Phi) is 0.868. The van der Waals surface area contributed by atoms with E-state index in [0.717, 1.165) is 29.4 Å². The first-order valence-corrected chi connectivity index (χ1v) is 9.82. The number of hydrogen-bond acceptors (Lipinski definition) is 1. The summed E-state index contributed by atoms with van der Waals surface area (Å²) in [6, 6.07) is 0. The summed E-state index contributed by atoms with van der Waals surface area (Å²) in [5.74, 6) is 20.4. The van der Waals surface area contributed by atoms with E-state index in [2.05, 4.69) is 0 Å². The fourth-order valence-corrected chi connectivity index (χ4v) is 11.7. The Labute approximate surface area is 124 Å². The first-order chi connectivity index (χ1) is 10.4. The molecule has 1 heteroatoms. The van der Waals surface area contributed by atoms with E-state index in [4.69, 9.17) is 0 Å². The molecule has 10 rings (SSSR count). The highest BCUT2D eigenvalue weighted by atomic mass is 16.3. The Morgan fingerprint density at radius 2 is 1.05 bits per heavy atom. The maximum absolute atomic E-state index is 9.95. The zero-order valence-electron chi connectivity index (χ0n) is 12.0. The second-order valence-corrected chi connectivity index (χ2v) is 10.9. The Morgan fingerprint density at radius 3 is 1.67 bits per heavy atom. The average Bonchev–Trinajstić information content (AvgIpc) is 3.24. The zero-order chi connectivity index (χ0) is 12.7. The molecule has 0 spiro atoms. The van der Waals surface area contributed by atoms with Crippen molar-refractivity contribution in [3.05, 3.63) is 11.3 Å². The first-order valence-electron chi connectivity index (χ1n) is 9.82. The highest BCUT2D eigenvalue weighted by Crippen LogP contribution is 2.96. The van der Waals surface area contributed by atoms with Crippen LogP contribution in [0.15, 0.2) is 11.3 Å². The van der Waals surface area contributed by atoms with Gasteiger partial charge >= 0.3 is 0 Å². The second-order valence-electron chi connectivity index (χ2n) is 10.9. The Balaban J connectivity index is 1.05. The molecule has 10 aliphatic carbocycles. The van der Waals surface area contributed by atoms with Gasteiger partial charge in [-0.05, 0) is 107 Å². The summed E-state index contributed by atoms with van der Waals surface area (Å²) in [4.78, 5) is 0. The molecule has 0 saturated heterocycles. The highest BCUT2D eigenvalue weighted by molar-refractivity contribution is 5.55. The summed E-state index contributed by atoms with van der Waals surface area (Å²) in [5, 5.41) is 9.95. The van der Waals surface area contributed by atoms with Crippen LogP contribution in [0, 0.1) is 101 Å². The van der Waals surface area contributed by atoms with Gasteiger partial charge in [0.2, 0.25) is 0 Å². The van der Waals surface area contributed by atoms with Crippen LogP contribution in [0.2, 0.25) is 0 Å². The molecule has 9 saturated carbocycles. The van der Waals surface area contributed by atoms with Crippen LogP contribution in [0.4, 0.5) is 0 Å². The predicted molar refractivity (Wildman–Crippen MR) is 73.6 cm³/mol. The lowest BCUT2D eigenvalue weighted by Crippen LogP contribution is -2.90. The molecule has 0 aromatic heterocycles. The molecule has 0 radical (unpaired) electrons. The molecule has 0 aromatic rings. The molecule has 0 aliphatic heterocycles. The van der Waals surface area contributed by atoms with Gasteiger partial charge in [-0.2, -0.15) is 0 Å². The summed E-state index contributed by atoms with van der Waals surface area (Å²) < 4.78 is 0. The minimum atomic E-state index is 0.646. The van der Waals surface area contributed by atoms with Gasteiger partial charge < -0.3 is 5.11 Å². The third kappa shape index (κ3) is 0.520. The van der Waals surface area contributed by atoms with Gasteiger partial charge in [0.05, 0.1) is 0 Å². The SMILES string of the molecule is OC1=C2C1C1C2C2C1C1C2C2C3C4C5C6CC6C5C4C3C12. The average molecular weight is 276 g/mol. The third-order valence-electron chi connectivity index (χ3n) is 11.9. The fourth-order valence-electron chi connectivity index (χ4n) is 11.7. The van der Waals surface area contributed by atoms with Crippen LogP contribution in [0.1, 0.15) is 6.42 Å². The lowest BCUT2D eigenvalue weighted by Gasteiger charge is -2.93. The van der Waals surface area contributed by atoms with E-state index in [1.54, 1.807) is 12.0 Å². The van der Waals surface area contributed by atoms with E-state index in [0.29, 0.717) is 5.92 Å². The first kappa shape index (κ1) is 8.99. The van der Waals surface area contributed by atoms with Crippen LogP contribution in [-0.4, -0.2) is 5.11 Å². The molecule has 10 aliphatic rings. The summed E-state index contributed by atoms with van der Waals surface area (Å²) >= 11 is 0. The number of allylic oxidation sites excluding steroid dienone is 2. The standard InChI is InChI=1S/C20H20O/c21-20-18-16-14-12-10-8-6-4-2-1-3(2)5(4)7(6)9(8)11(10)13(12)15(14)17(16)19(18)20/h2-18,21H,1H2. The molecule has 17 atom stereocenters. The van der Waals surface area contributed by atoms with Crippen molar-refractivity contribution in [2.45, 2.75) is 6.42 Å². The van der Waals surface area contributed by atoms with Gasteiger partial charge in [0.25, 0.3) is 0 Å². The minimum absolute atomic E-state index is 0.646. The largest absolute Gasteiger partial charge is 0.512 e. The van der Waals surface area contributed by atoms with Crippen molar-refractivity contribution in [1.82, 2.24) is 0 Å². The van der Waals surface area contributed by atoms with Gasteiger partial charge in [-0.1, -0.05) is 0 Å². The molecule has 0 heterocycles. The van der Waals surface area contributed by atoms with Crippen molar-refractivity contribution in [3.63, 3.8) is 0 Å². The zero-order valence-corrected chi connectivity index (χ0v) is 12.0. The van der Waals surface area contributed by atoms with Gasteiger partial charge in [0.15, 0.2) is 0 Å². The predicted octanol–water partition coefficient (Wildman–Crippen LogP) is 2.80. The van der Waals surface area contributed by atoms with E-state index in [1.165, 1.54) is 71.0 Å². The van der Waals surface area contributed by atoms with Crippen LogP contribution in [0.3, 0.4) is 0 Å². The molecule has 0 amide bonds. The third-order valence-corrected chi connectivity index (χ3v) is 11.9. The van der Waals surface area contributed by atoms with Crippen molar-refractivity contribution in [1.29, 1.82) is 0 Å². The molecule has 0 aromatic carbocycles. The monoisotopic (exact) mass is 276 g/mol. The molecular formula is C20H20O. The molecule has 0 bridgehead atoms. The van der Waals surface area contributed by atoms with E-state index in [-0.39, 0.29) is 0 Å².